The standard InChI is InChI=1S/C28H38FN5/c1-6-27-26(20-33(21(2)3)19-23-9-7-22(4)8-10-23)28(32-17-15-31(5)16-18-32)34(30-27)25-13-11-24(29)12-14-25/h7-14,21H,6,15-20H2,1-5H3. The molecule has 2 heterocycles. The lowest BCUT2D eigenvalue weighted by atomic mass is 10.1. The Morgan fingerprint density at radius 3 is 2.18 bits per heavy atom. The van der Waals surface area contributed by atoms with Crippen molar-refractivity contribution >= 4 is 5.82 Å². The molecule has 2 aromatic carbocycles. The minimum absolute atomic E-state index is 0.225. The molecule has 4 rings (SSSR count). The van der Waals surface area contributed by atoms with Crippen molar-refractivity contribution in [1.29, 1.82) is 0 Å². The highest BCUT2D eigenvalue weighted by Crippen LogP contribution is 2.31. The zero-order chi connectivity index (χ0) is 24.2. The van der Waals surface area contributed by atoms with Crippen molar-refractivity contribution in [1.82, 2.24) is 19.6 Å². The molecule has 0 radical (unpaired) electrons. The van der Waals surface area contributed by atoms with E-state index in [-0.39, 0.29) is 5.82 Å². The van der Waals surface area contributed by atoms with E-state index < -0.39 is 0 Å². The van der Waals surface area contributed by atoms with Gasteiger partial charge in [-0.3, -0.25) is 4.90 Å². The van der Waals surface area contributed by atoms with Gasteiger partial charge in [-0.15, -0.1) is 0 Å². The number of rotatable bonds is 8. The van der Waals surface area contributed by atoms with Crippen LogP contribution in [0.3, 0.4) is 0 Å². The number of aryl methyl sites for hydroxylation is 2. The normalized spacial score (nSPS) is 15.0. The zero-order valence-corrected chi connectivity index (χ0v) is 21.3. The number of halogens is 1. The molecule has 0 N–H and O–H groups in total. The second-order valence-electron chi connectivity index (χ2n) is 9.77. The summed E-state index contributed by atoms with van der Waals surface area (Å²) >= 11 is 0. The Bertz CT molecular complexity index is 1060. The quantitative estimate of drug-likeness (QED) is 0.468. The van der Waals surface area contributed by atoms with Gasteiger partial charge in [-0.25, -0.2) is 9.07 Å². The Hall–Kier alpha value is -2.70. The maximum absolute atomic E-state index is 13.7. The molecule has 0 aliphatic carbocycles. The number of benzene rings is 2. The van der Waals surface area contributed by atoms with Gasteiger partial charge in [0, 0.05) is 50.9 Å². The summed E-state index contributed by atoms with van der Waals surface area (Å²) in [5.41, 5.74) is 5.92. The average molecular weight is 464 g/mol. The molecule has 3 aromatic rings. The fraction of sp³-hybridized carbons (Fsp3) is 0.464. The molecule has 1 aromatic heterocycles. The monoisotopic (exact) mass is 463 g/mol. The summed E-state index contributed by atoms with van der Waals surface area (Å²) in [5.74, 6) is 0.934. The maximum Gasteiger partial charge on any atom is 0.137 e. The van der Waals surface area contributed by atoms with Crippen molar-refractivity contribution < 1.29 is 4.39 Å². The first-order chi connectivity index (χ1) is 16.4. The van der Waals surface area contributed by atoms with Gasteiger partial charge in [0.2, 0.25) is 0 Å². The van der Waals surface area contributed by atoms with E-state index in [4.69, 9.17) is 5.10 Å². The average Bonchev–Trinajstić information content (AvgIpc) is 3.19. The first-order valence-corrected chi connectivity index (χ1v) is 12.5. The number of hydrogen-bond donors (Lipinski definition) is 0. The van der Waals surface area contributed by atoms with E-state index in [1.807, 2.05) is 16.8 Å². The van der Waals surface area contributed by atoms with Crippen molar-refractivity contribution in [3.05, 3.63) is 76.7 Å². The van der Waals surface area contributed by atoms with Gasteiger partial charge in [0.05, 0.1) is 11.4 Å². The highest BCUT2D eigenvalue weighted by atomic mass is 19.1. The first-order valence-electron chi connectivity index (χ1n) is 12.5. The molecule has 34 heavy (non-hydrogen) atoms. The van der Waals surface area contributed by atoms with Crippen molar-refractivity contribution in [2.24, 2.45) is 0 Å². The summed E-state index contributed by atoms with van der Waals surface area (Å²) in [6, 6.07) is 15.9. The van der Waals surface area contributed by atoms with Gasteiger partial charge in [0.15, 0.2) is 0 Å². The highest BCUT2D eigenvalue weighted by Gasteiger charge is 2.27. The first kappa shape index (κ1) is 24.4. The molecule has 6 heteroatoms. The predicted octanol–water partition coefficient (Wildman–Crippen LogP) is 5.04. The smallest absolute Gasteiger partial charge is 0.137 e. The number of hydrogen-bond acceptors (Lipinski definition) is 4. The van der Waals surface area contributed by atoms with E-state index in [1.165, 1.54) is 28.8 Å². The summed E-state index contributed by atoms with van der Waals surface area (Å²) in [5, 5.41) is 5.07. The van der Waals surface area contributed by atoms with E-state index in [2.05, 4.69) is 73.7 Å². The van der Waals surface area contributed by atoms with E-state index in [0.29, 0.717) is 6.04 Å². The van der Waals surface area contributed by atoms with Gasteiger partial charge in [-0.1, -0.05) is 36.8 Å². The minimum atomic E-state index is -0.225. The van der Waals surface area contributed by atoms with Crippen LogP contribution < -0.4 is 4.90 Å². The fourth-order valence-corrected chi connectivity index (χ4v) is 4.59. The van der Waals surface area contributed by atoms with Crippen molar-refractivity contribution in [2.75, 3.05) is 38.1 Å². The molecule has 1 aliphatic rings. The summed E-state index contributed by atoms with van der Waals surface area (Å²) < 4.78 is 15.7. The number of aromatic nitrogens is 2. The molecule has 1 aliphatic heterocycles. The Morgan fingerprint density at radius 1 is 0.941 bits per heavy atom. The predicted molar refractivity (Wildman–Crippen MR) is 138 cm³/mol. The molecular formula is C28H38FN5. The lowest BCUT2D eigenvalue weighted by Gasteiger charge is -2.35. The molecule has 0 spiro atoms. The van der Waals surface area contributed by atoms with Crippen LogP contribution in [0.1, 0.15) is 43.2 Å². The Kier molecular flexibility index (Phi) is 7.69. The third-order valence-electron chi connectivity index (χ3n) is 6.85. The summed E-state index contributed by atoms with van der Waals surface area (Å²) in [6.45, 7) is 14.5. The molecule has 0 unspecified atom stereocenters. The van der Waals surface area contributed by atoms with Crippen LogP contribution in [0.2, 0.25) is 0 Å². The molecule has 0 amide bonds. The molecule has 1 saturated heterocycles. The number of anilines is 1. The van der Waals surface area contributed by atoms with Crippen LogP contribution in [0.4, 0.5) is 10.2 Å². The van der Waals surface area contributed by atoms with Crippen LogP contribution in [0.5, 0.6) is 0 Å². The topological polar surface area (TPSA) is 27.5 Å². The van der Waals surface area contributed by atoms with Crippen LogP contribution in [-0.2, 0) is 19.5 Å². The van der Waals surface area contributed by atoms with Crippen LogP contribution in [0.25, 0.3) is 5.69 Å². The third kappa shape index (κ3) is 5.50. The largest absolute Gasteiger partial charge is 0.354 e. The van der Waals surface area contributed by atoms with Crippen LogP contribution >= 0.6 is 0 Å². The van der Waals surface area contributed by atoms with Gasteiger partial charge in [-0.05, 0) is 64.1 Å². The number of piperazine rings is 1. The van der Waals surface area contributed by atoms with Crippen LogP contribution in [-0.4, -0.2) is 58.8 Å². The Labute approximate surface area is 203 Å². The van der Waals surface area contributed by atoms with E-state index in [0.717, 1.165) is 62.9 Å². The molecule has 0 saturated carbocycles. The van der Waals surface area contributed by atoms with Crippen LogP contribution in [0.15, 0.2) is 48.5 Å². The van der Waals surface area contributed by atoms with E-state index in [9.17, 15) is 4.39 Å². The van der Waals surface area contributed by atoms with Crippen LogP contribution in [0, 0.1) is 12.7 Å². The maximum atomic E-state index is 13.7. The van der Waals surface area contributed by atoms with Crippen molar-refractivity contribution in [3.8, 4) is 5.69 Å². The molecule has 1 fully saturated rings. The highest BCUT2D eigenvalue weighted by molar-refractivity contribution is 5.56. The summed E-state index contributed by atoms with van der Waals surface area (Å²) in [7, 11) is 2.18. The zero-order valence-electron chi connectivity index (χ0n) is 21.3. The third-order valence-corrected chi connectivity index (χ3v) is 6.85. The van der Waals surface area contributed by atoms with Crippen molar-refractivity contribution in [2.45, 2.75) is 53.2 Å². The Morgan fingerprint density at radius 2 is 1.59 bits per heavy atom. The van der Waals surface area contributed by atoms with Gasteiger partial charge >= 0.3 is 0 Å². The molecule has 0 bridgehead atoms. The van der Waals surface area contributed by atoms with Gasteiger partial charge in [-0.2, -0.15) is 5.10 Å². The van der Waals surface area contributed by atoms with E-state index >= 15 is 0 Å². The Balaban J connectivity index is 1.74. The second-order valence-corrected chi connectivity index (χ2v) is 9.77. The minimum Gasteiger partial charge on any atom is -0.354 e. The molecular weight excluding hydrogens is 425 g/mol. The fourth-order valence-electron chi connectivity index (χ4n) is 4.59. The van der Waals surface area contributed by atoms with Gasteiger partial charge in [0.25, 0.3) is 0 Å². The molecule has 0 atom stereocenters. The van der Waals surface area contributed by atoms with E-state index in [1.54, 1.807) is 0 Å². The SMILES string of the molecule is CCc1nn(-c2ccc(F)cc2)c(N2CCN(C)CC2)c1CN(Cc1ccc(C)cc1)C(C)C. The molecule has 182 valence electrons. The lowest BCUT2D eigenvalue weighted by molar-refractivity contribution is 0.203. The summed E-state index contributed by atoms with van der Waals surface area (Å²) in [4.78, 5) is 7.36. The summed E-state index contributed by atoms with van der Waals surface area (Å²) in [6.07, 6.45) is 0.862. The molecule has 5 nitrogen and oxygen atoms in total. The van der Waals surface area contributed by atoms with Gasteiger partial charge in [0.1, 0.15) is 11.6 Å². The second kappa shape index (κ2) is 10.7. The lowest BCUT2D eigenvalue weighted by Crippen LogP contribution is -2.45. The van der Waals surface area contributed by atoms with Crippen molar-refractivity contribution in [3.63, 3.8) is 0 Å². The number of likely N-dealkylation sites (N-methyl/N-ethyl adjacent to an activating group) is 1. The van der Waals surface area contributed by atoms with Gasteiger partial charge < -0.3 is 9.80 Å². The number of nitrogens with zero attached hydrogens (tertiary/aromatic N) is 5.